The second-order valence-corrected chi connectivity index (χ2v) is 6.71. The lowest BCUT2D eigenvalue weighted by Crippen LogP contribution is -2.28. The molecule has 7 heteroatoms. The molecule has 3 rings (SSSR count). The molecular formula is C17H20N4O2S. The highest BCUT2D eigenvalue weighted by atomic mass is 32.1. The fraction of sp³-hybridized carbons (Fsp3) is 0.353. The van der Waals surface area contributed by atoms with E-state index in [2.05, 4.69) is 9.97 Å². The summed E-state index contributed by atoms with van der Waals surface area (Å²) in [4.78, 5) is 33.3. The second kappa shape index (κ2) is 6.60. The summed E-state index contributed by atoms with van der Waals surface area (Å²) in [7, 11) is 1.78. The average molecular weight is 344 g/mol. The van der Waals surface area contributed by atoms with Gasteiger partial charge in [-0.05, 0) is 32.0 Å². The first-order valence-electron chi connectivity index (χ1n) is 7.88. The fourth-order valence-corrected chi connectivity index (χ4v) is 3.48. The largest absolute Gasteiger partial charge is 0.341 e. The Hall–Kier alpha value is -2.41. The number of rotatable bonds is 5. The molecule has 2 heterocycles. The number of nitrogens with zero attached hydrogens (tertiary/aromatic N) is 3. The minimum atomic E-state index is -0.149. The summed E-state index contributed by atoms with van der Waals surface area (Å²) in [5.74, 6) is -0.0599. The Morgan fingerprint density at radius 3 is 2.88 bits per heavy atom. The van der Waals surface area contributed by atoms with Crippen molar-refractivity contribution >= 4 is 28.3 Å². The molecule has 1 aromatic carbocycles. The lowest BCUT2D eigenvalue weighted by molar-refractivity contribution is 0.0797. The normalized spacial score (nSPS) is 11.1. The van der Waals surface area contributed by atoms with Gasteiger partial charge in [-0.2, -0.15) is 0 Å². The number of fused-ring (bicyclic) bond motifs is 1. The standard InChI is InChI=1S/C17H20N4O2S/c1-4-21-14-6-5-12(9-13(14)19-17(21)23)16(22)20(3)8-7-15-18-11(2)10-24-15/h5-6,9-10H,4,7-8H2,1-3H3,(H,19,23). The van der Waals surface area contributed by atoms with Crippen LogP contribution in [0.4, 0.5) is 0 Å². The van der Waals surface area contributed by atoms with E-state index in [0.717, 1.165) is 22.6 Å². The summed E-state index contributed by atoms with van der Waals surface area (Å²) in [6.45, 7) is 5.09. The number of likely N-dealkylation sites (N-methyl/N-ethyl adjacent to an activating group) is 1. The first kappa shape index (κ1) is 16.4. The lowest BCUT2D eigenvalue weighted by Gasteiger charge is -2.16. The van der Waals surface area contributed by atoms with Crippen LogP contribution in [0.3, 0.4) is 0 Å². The average Bonchev–Trinajstić information content (AvgIpc) is 3.12. The molecule has 0 bridgehead atoms. The van der Waals surface area contributed by atoms with Crippen LogP contribution in [0.2, 0.25) is 0 Å². The molecule has 0 fully saturated rings. The molecule has 0 unspecified atom stereocenters. The van der Waals surface area contributed by atoms with Gasteiger partial charge in [0.25, 0.3) is 5.91 Å². The van der Waals surface area contributed by atoms with Crippen molar-refractivity contribution in [1.29, 1.82) is 0 Å². The van der Waals surface area contributed by atoms with E-state index in [1.54, 1.807) is 40.0 Å². The molecule has 24 heavy (non-hydrogen) atoms. The van der Waals surface area contributed by atoms with Crippen molar-refractivity contribution in [2.75, 3.05) is 13.6 Å². The van der Waals surface area contributed by atoms with Gasteiger partial charge in [0.15, 0.2) is 0 Å². The maximum absolute atomic E-state index is 12.6. The maximum atomic E-state index is 12.6. The number of aromatic amines is 1. The van der Waals surface area contributed by atoms with E-state index in [1.807, 2.05) is 25.3 Å². The summed E-state index contributed by atoms with van der Waals surface area (Å²) in [6, 6.07) is 5.34. The summed E-state index contributed by atoms with van der Waals surface area (Å²) >= 11 is 1.62. The predicted octanol–water partition coefficient (Wildman–Crippen LogP) is 2.43. The van der Waals surface area contributed by atoms with Crippen LogP contribution in [0.25, 0.3) is 11.0 Å². The molecule has 6 nitrogen and oxygen atoms in total. The predicted molar refractivity (Wildman–Crippen MR) is 95.7 cm³/mol. The van der Waals surface area contributed by atoms with Crippen LogP contribution in [0.1, 0.15) is 28.0 Å². The van der Waals surface area contributed by atoms with E-state index < -0.39 is 0 Å². The van der Waals surface area contributed by atoms with E-state index in [9.17, 15) is 9.59 Å². The number of aryl methyl sites for hydroxylation is 2. The highest BCUT2D eigenvalue weighted by Crippen LogP contribution is 2.15. The third-order valence-electron chi connectivity index (χ3n) is 4.01. The third kappa shape index (κ3) is 3.12. The van der Waals surface area contributed by atoms with Gasteiger partial charge in [0.05, 0.1) is 16.0 Å². The SMILES string of the molecule is CCn1c(=O)[nH]c2cc(C(=O)N(C)CCc3nc(C)cs3)ccc21. The number of hydrogen-bond donors (Lipinski definition) is 1. The van der Waals surface area contributed by atoms with Crippen molar-refractivity contribution in [3.63, 3.8) is 0 Å². The number of hydrogen-bond acceptors (Lipinski definition) is 4. The second-order valence-electron chi connectivity index (χ2n) is 5.77. The monoisotopic (exact) mass is 344 g/mol. The lowest BCUT2D eigenvalue weighted by atomic mass is 10.1. The smallest absolute Gasteiger partial charge is 0.326 e. The number of carbonyl (C=O) groups is 1. The molecule has 0 saturated heterocycles. The van der Waals surface area contributed by atoms with Crippen molar-refractivity contribution in [3.05, 3.63) is 50.3 Å². The number of carbonyl (C=O) groups excluding carboxylic acids is 1. The molecule has 0 radical (unpaired) electrons. The number of benzene rings is 1. The minimum Gasteiger partial charge on any atom is -0.341 e. The Morgan fingerprint density at radius 1 is 1.42 bits per heavy atom. The number of thiazole rings is 1. The number of nitrogens with one attached hydrogen (secondary N) is 1. The molecule has 1 N–H and O–H groups in total. The molecular weight excluding hydrogens is 324 g/mol. The van der Waals surface area contributed by atoms with E-state index in [1.165, 1.54) is 0 Å². The van der Waals surface area contributed by atoms with Crippen LogP contribution in [0.5, 0.6) is 0 Å². The molecule has 0 aliphatic carbocycles. The summed E-state index contributed by atoms with van der Waals surface area (Å²) in [5.41, 5.74) is 2.95. The zero-order chi connectivity index (χ0) is 17.3. The van der Waals surface area contributed by atoms with E-state index >= 15 is 0 Å². The van der Waals surface area contributed by atoms with Gasteiger partial charge in [0.1, 0.15) is 0 Å². The minimum absolute atomic E-state index is 0.0599. The van der Waals surface area contributed by atoms with Gasteiger partial charge in [-0.3, -0.25) is 9.36 Å². The summed E-state index contributed by atoms with van der Waals surface area (Å²) < 4.78 is 1.65. The first-order chi connectivity index (χ1) is 11.5. The number of amides is 1. The molecule has 0 aliphatic rings. The Kier molecular flexibility index (Phi) is 4.53. The van der Waals surface area contributed by atoms with Crippen molar-refractivity contribution in [3.8, 4) is 0 Å². The van der Waals surface area contributed by atoms with Gasteiger partial charge >= 0.3 is 5.69 Å². The van der Waals surface area contributed by atoms with Crippen LogP contribution < -0.4 is 5.69 Å². The van der Waals surface area contributed by atoms with Crippen molar-refractivity contribution in [1.82, 2.24) is 19.4 Å². The Labute approximate surface area is 143 Å². The first-order valence-corrected chi connectivity index (χ1v) is 8.76. The molecule has 2 aromatic heterocycles. The maximum Gasteiger partial charge on any atom is 0.326 e. The van der Waals surface area contributed by atoms with Gasteiger partial charge in [0, 0.05) is 43.2 Å². The van der Waals surface area contributed by atoms with Gasteiger partial charge < -0.3 is 9.88 Å². The quantitative estimate of drug-likeness (QED) is 0.773. The van der Waals surface area contributed by atoms with Crippen LogP contribution in [-0.2, 0) is 13.0 Å². The van der Waals surface area contributed by atoms with Gasteiger partial charge in [-0.25, -0.2) is 9.78 Å². The number of imidazole rings is 1. The molecule has 0 spiro atoms. The molecule has 0 aliphatic heterocycles. The zero-order valence-electron chi connectivity index (χ0n) is 14.0. The van der Waals surface area contributed by atoms with Crippen molar-refractivity contribution in [2.45, 2.75) is 26.8 Å². The fourth-order valence-electron chi connectivity index (χ4n) is 2.71. The Morgan fingerprint density at radius 2 is 2.21 bits per heavy atom. The zero-order valence-corrected chi connectivity index (χ0v) is 14.8. The Bertz CT molecular complexity index is 938. The van der Waals surface area contributed by atoms with Crippen LogP contribution in [0, 0.1) is 6.92 Å². The van der Waals surface area contributed by atoms with E-state index in [4.69, 9.17) is 0 Å². The third-order valence-corrected chi connectivity index (χ3v) is 5.04. The molecule has 1 amide bonds. The summed E-state index contributed by atoms with van der Waals surface area (Å²) in [5, 5.41) is 3.05. The van der Waals surface area contributed by atoms with Gasteiger partial charge in [-0.1, -0.05) is 0 Å². The molecule has 3 aromatic rings. The van der Waals surface area contributed by atoms with Gasteiger partial charge in [0.2, 0.25) is 0 Å². The van der Waals surface area contributed by atoms with Crippen LogP contribution in [-0.4, -0.2) is 38.9 Å². The van der Waals surface area contributed by atoms with Crippen LogP contribution in [0.15, 0.2) is 28.4 Å². The molecule has 0 atom stereocenters. The highest BCUT2D eigenvalue weighted by Gasteiger charge is 2.14. The van der Waals surface area contributed by atoms with Crippen molar-refractivity contribution < 1.29 is 4.79 Å². The molecule has 126 valence electrons. The topological polar surface area (TPSA) is 71.0 Å². The molecule has 0 saturated carbocycles. The van der Waals surface area contributed by atoms with Crippen LogP contribution >= 0.6 is 11.3 Å². The van der Waals surface area contributed by atoms with E-state index in [-0.39, 0.29) is 11.6 Å². The number of H-pyrrole nitrogens is 1. The highest BCUT2D eigenvalue weighted by molar-refractivity contribution is 7.09. The summed E-state index contributed by atoms with van der Waals surface area (Å²) in [6.07, 6.45) is 0.742. The Balaban J connectivity index is 1.76. The van der Waals surface area contributed by atoms with E-state index in [0.29, 0.717) is 24.2 Å². The number of aromatic nitrogens is 3. The van der Waals surface area contributed by atoms with Crippen molar-refractivity contribution in [2.24, 2.45) is 0 Å². The van der Waals surface area contributed by atoms with Gasteiger partial charge in [-0.15, -0.1) is 11.3 Å².